The Morgan fingerprint density at radius 1 is 1.50 bits per heavy atom. The molecule has 1 rings (SSSR count). The molecule has 0 aliphatic carbocycles. The van der Waals surface area contributed by atoms with Gasteiger partial charge >= 0.3 is 0 Å². The van der Waals surface area contributed by atoms with E-state index in [1.807, 2.05) is 11.9 Å². The minimum atomic E-state index is 0.0806. The maximum atomic E-state index is 12.5. The van der Waals surface area contributed by atoms with E-state index in [4.69, 9.17) is 5.73 Å². The first-order chi connectivity index (χ1) is 8.51. The number of unbranched alkanes of at least 4 members (excludes halogenated alkanes) is 1. The van der Waals surface area contributed by atoms with Crippen LogP contribution in [0.15, 0.2) is 12.3 Å². The monoisotopic (exact) mass is 251 g/mol. The summed E-state index contributed by atoms with van der Waals surface area (Å²) in [6, 6.07) is 2.02. The fourth-order valence-corrected chi connectivity index (χ4v) is 2.02. The molecule has 4 heteroatoms. The zero-order valence-corrected chi connectivity index (χ0v) is 11.9. The summed E-state index contributed by atoms with van der Waals surface area (Å²) in [5.41, 5.74) is 7.04. The fourth-order valence-electron chi connectivity index (χ4n) is 2.02. The molecule has 0 aromatic carbocycles. The van der Waals surface area contributed by atoms with Crippen LogP contribution in [0, 0.1) is 0 Å². The highest BCUT2D eigenvalue weighted by atomic mass is 16.2. The van der Waals surface area contributed by atoms with Gasteiger partial charge < -0.3 is 15.2 Å². The Morgan fingerprint density at radius 2 is 2.17 bits per heavy atom. The molecule has 2 N–H and O–H groups in total. The summed E-state index contributed by atoms with van der Waals surface area (Å²) >= 11 is 0. The zero-order valence-electron chi connectivity index (χ0n) is 11.9. The van der Waals surface area contributed by atoms with E-state index in [9.17, 15) is 4.79 Å². The zero-order chi connectivity index (χ0) is 13.7. The summed E-state index contributed by atoms with van der Waals surface area (Å²) in [6.45, 7) is 7.16. The van der Waals surface area contributed by atoms with Crippen LogP contribution in [0.2, 0.25) is 0 Å². The van der Waals surface area contributed by atoms with Gasteiger partial charge in [0.2, 0.25) is 0 Å². The van der Waals surface area contributed by atoms with Crippen LogP contribution in [0.3, 0.4) is 0 Å². The third-order valence-electron chi connectivity index (χ3n) is 3.38. The van der Waals surface area contributed by atoms with Crippen molar-refractivity contribution in [2.24, 2.45) is 7.05 Å². The quantitative estimate of drug-likeness (QED) is 0.845. The molecule has 1 heterocycles. The van der Waals surface area contributed by atoms with Crippen molar-refractivity contribution in [2.45, 2.75) is 46.1 Å². The van der Waals surface area contributed by atoms with Crippen LogP contribution < -0.4 is 5.73 Å². The van der Waals surface area contributed by atoms with Crippen molar-refractivity contribution in [3.8, 4) is 0 Å². The molecule has 18 heavy (non-hydrogen) atoms. The molecule has 0 aliphatic rings. The van der Waals surface area contributed by atoms with Crippen LogP contribution in [-0.2, 0) is 7.05 Å². The molecule has 102 valence electrons. The van der Waals surface area contributed by atoms with Crippen molar-refractivity contribution in [1.29, 1.82) is 0 Å². The first-order valence-corrected chi connectivity index (χ1v) is 6.74. The summed E-state index contributed by atoms with van der Waals surface area (Å²) in [6.07, 6.45) is 4.88. The van der Waals surface area contributed by atoms with Gasteiger partial charge in [0.25, 0.3) is 5.91 Å². The number of nitrogen functional groups attached to an aromatic ring is 1. The summed E-state index contributed by atoms with van der Waals surface area (Å²) in [5.74, 6) is 0.0806. The summed E-state index contributed by atoms with van der Waals surface area (Å²) in [4.78, 5) is 14.5. The van der Waals surface area contributed by atoms with Crippen LogP contribution in [-0.4, -0.2) is 28.0 Å². The number of anilines is 1. The van der Waals surface area contributed by atoms with Crippen LogP contribution in [0.4, 0.5) is 5.69 Å². The van der Waals surface area contributed by atoms with E-state index in [0.717, 1.165) is 25.8 Å². The van der Waals surface area contributed by atoms with Gasteiger partial charge in [-0.1, -0.05) is 20.3 Å². The van der Waals surface area contributed by atoms with E-state index < -0.39 is 0 Å². The number of rotatable bonds is 6. The first kappa shape index (κ1) is 14.6. The lowest BCUT2D eigenvalue weighted by molar-refractivity contribution is 0.0675. The molecule has 0 spiro atoms. The second kappa shape index (κ2) is 6.47. The van der Waals surface area contributed by atoms with Crippen molar-refractivity contribution < 1.29 is 4.79 Å². The lowest BCUT2D eigenvalue weighted by Gasteiger charge is -2.28. The Labute approximate surface area is 110 Å². The maximum Gasteiger partial charge on any atom is 0.270 e. The smallest absolute Gasteiger partial charge is 0.270 e. The van der Waals surface area contributed by atoms with Crippen molar-refractivity contribution in [3.05, 3.63) is 18.0 Å². The Kier molecular flexibility index (Phi) is 5.25. The highest BCUT2D eigenvalue weighted by Gasteiger charge is 2.22. The Morgan fingerprint density at radius 3 is 2.61 bits per heavy atom. The molecule has 0 radical (unpaired) electrons. The van der Waals surface area contributed by atoms with Gasteiger partial charge in [-0.25, -0.2) is 0 Å². The van der Waals surface area contributed by atoms with Crippen molar-refractivity contribution in [2.75, 3.05) is 12.3 Å². The third kappa shape index (κ3) is 3.28. The van der Waals surface area contributed by atoms with E-state index >= 15 is 0 Å². The molecule has 0 bridgehead atoms. The van der Waals surface area contributed by atoms with Gasteiger partial charge in [0.05, 0.1) is 5.69 Å². The predicted octanol–water partition coefficient (Wildman–Crippen LogP) is 2.65. The predicted molar refractivity (Wildman–Crippen MR) is 75.5 cm³/mol. The molecular formula is C14H25N3O. The van der Waals surface area contributed by atoms with Gasteiger partial charge in [-0.05, 0) is 25.8 Å². The van der Waals surface area contributed by atoms with Gasteiger partial charge in [0.15, 0.2) is 0 Å². The minimum absolute atomic E-state index is 0.0806. The van der Waals surface area contributed by atoms with Crippen molar-refractivity contribution in [3.63, 3.8) is 0 Å². The summed E-state index contributed by atoms with van der Waals surface area (Å²) in [5, 5.41) is 0. The number of hydrogen-bond donors (Lipinski definition) is 1. The standard InChI is InChI=1S/C14H25N3O/c1-5-7-8-17(11(3)6-2)14(18)13-9-12(15)10-16(13)4/h9-11H,5-8,15H2,1-4H3. The average molecular weight is 251 g/mol. The SMILES string of the molecule is CCCCN(C(=O)c1cc(N)cn1C)C(C)CC. The van der Waals surface area contributed by atoms with Crippen molar-refractivity contribution >= 4 is 11.6 Å². The first-order valence-electron chi connectivity index (χ1n) is 6.74. The van der Waals surface area contributed by atoms with Gasteiger partial charge in [-0.2, -0.15) is 0 Å². The summed E-state index contributed by atoms with van der Waals surface area (Å²) < 4.78 is 1.80. The number of amides is 1. The number of carbonyl (C=O) groups is 1. The number of nitrogens with zero attached hydrogens (tertiary/aromatic N) is 2. The minimum Gasteiger partial charge on any atom is -0.397 e. The molecule has 0 saturated heterocycles. The van der Waals surface area contributed by atoms with Gasteiger partial charge in [-0.15, -0.1) is 0 Å². The fraction of sp³-hybridized carbons (Fsp3) is 0.643. The molecule has 1 atom stereocenters. The van der Waals surface area contributed by atoms with Crippen molar-refractivity contribution in [1.82, 2.24) is 9.47 Å². The topological polar surface area (TPSA) is 51.3 Å². The maximum absolute atomic E-state index is 12.5. The van der Waals surface area contributed by atoms with E-state index in [0.29, 0.717) is 11.4 Å². The second-order valence-electron chi connectivity index (χ2n) is 4.88. The number of nitrogens with two attached hydrogens (primary N) is 1. The Balaban J connectivity index is 2.91. The molecule has 1 aromatic heterocycles. The van der Waals surface area contributed by atoms with Crippen LogP contribution in [0.25, 0.3) is 0 Å². The summed E-state index contributed by atoms with van der Waals surface area (Å²) in [7, 11) is 1.86. The molecule has 1 aromatic rings. The molecule has 0 saturated carbocycles. The van der Waals surface area contributed by atoms with E-state index in [-0.39, 0.29) is 11.9 Å². The molecule has 4 nitrogen and oxygen atoms in total. The van der Waals surface area contributed by atoms with Crippen LogP contribution in [0.1, 0.15) is 50.5 Å². The number of hydrogen-bond acceptors (Lipinski definition) is 2. The largest absolute Gasteiger partial charge is 0.397 e. The molecule has 0 fully saturated rings. The highest BCUT2D eigenvalue weighted by molar-refractivity contribution is 5.94. The Hall–Kier alpha value is -1.45. The molecule has 1 unspecified atom stereocenters. The van der Waals surface area contributed by atoms with Gasteiger partial charge in [0.1, 0.15) is 5.69 Å². The lowest BCUT2D eigenvalue weighted by atomic mass is 10.2. The van der Waals surface area contributed by atoms with E-state index in [1.54, 1.807) is 16.8 Å². The van der Waals surface area contributed by atoms with Gasteiger partial charge in [-0.3, -0.25) is 4.79 Å². The molecule has 0 aliphatic heterocycles. The lowest BCUT2D eigenvalue weighted by Crippen LogP contribution is -2.39. The third-order valence-corrected chi connectivity index (χ3v) is 3.38. The van der Waals surface area contributed by atoms with E-state index in [2.05, 4.69) is 20.8 Å². The number of aromatic nitrogens is 1. The Bertz CT molecular complexity index is 398. The molecule has 1 amide bonds. The van der Waals surface area contributed by atoms with E-state index in [1.165, 1.54) is 0 Å². The normalized spacial score (nSPS) is 12.4. The number of aryl methyl sites for hydroxylation is 1. The second-order valence-corrected chi connectivity index (χ2v) is 4.88. The molecular weight excluding hydrogens is 226 g/mol. The van der Waals surface area contributed by atoms with Crippen LogP contribution in [0.5, 0.6) is 0 Å². The average Bonchev–Trinajstić information content (AvgIpc) is 2.68. The highest BCUT2D eigenvalue weighted by Crippen LogP contribution is 2.15. The van der Waals surface area contributed by atoms with Crippen LogP contribution >= 0.6 is 0 Å². The number of carbonyl (C=O) groups excluding carboxylic acids is 1. The van der Waals surface area contributed by atoms with Gasteiger partial charge in [0, 0.05) is 25.8 Å².